The van der Waals surface area contributed by atoms with Crippen LogP contribution in [0, 0.1) is 28.6 Å². The van der Waals surface area contributed by atoms with E-state index >= 15 is 0 Å². The molecule has 4 aliphatic rings. The molecular formula is C22H33NO2. The van der Waals surface area contributed by atoms with Gasteiger partial charge in [-0.2, -0.15) is 0 Å². The first-order chi connectivity index (χ1) is 11.7. The van der Waals surface area contributed by atoms with Crippen LogP contribution in [0.4, 0.5) is 0 Å². The Morgan fingerprint density at radius 2 is 1.76 bits per heavy atom. The number of aliphatic hydroxyl groups is 1. The van der Waals surface area contributed by atoms with Crippen LogP contribution in [-0.4, -0.2) is 21.6 Å². The normalized spacial score (nSPS) is 51.3. The van der Waals surface area contributed by atoms with Gasteiger partial charge < -0.3 is 10.3 Å². The molecule has 0 aromatic carbocycles. The van der Waals surface area contributed by atoms with Gasteiger partial charge >= 0.3 is 0 Å². The van der Waals surface area contributed by atoms with E-state index in [-0.39, 0.29) is 10.8 Å². The molecule has 0 bridgehead atoms. The molecule has 2 N–H and O–H groups in total. The SMILES string of the molecule is C=C1C[C@@H]2[C@H](CC[C@@]3(C)[C@H]2CC[C@]3(C)O)[C@@]2(C)CC/C(=N\O)C(C)=C12. The second-order valence-corrected chi connectivity index (χ2v) is 9.92. The molecule has 4 aliphatic carbocycles. The minimum Gasteiger partial charge on any atom is -0.411 e. The summed E-state index contributed by atoms with van der Waals surface area (Å²) in [5.41, 5.74) is 4.30. The van der Waals surface area contributed by atoms with Crippen molar-refractivity contribution in [2.24, 2.45) is 33.7 Å². The van der Waals surface area contributed by atoms with E-state index in [2.05, 4.69) is 39.4 Å². The molecule has 4 rings (SSSR count). The molecule has 0 radical (unpaired) electrons. The van der Waals surface area contributed by atoms with Crippen LogP contribution in [0.25, 0.3) is 0 Å². The van der Waals surface area contributed by atoms with Crippen molar-refractivity contribution in [2.75, 3.05) is 0 Å². The van der Waals surface area contributed by atoms with E-state index < -0.39 is 5.60 Å². The third-order valence-corrected chi connectivity index (χ3v) is 9.03. The molecule has 3 saturated carbocycles. The lowest BCUT2D eigenvalue weighted by atomic mass is 9.45. The zero-order valence-corrected chi connectivity index (χ0v) is 16.2. The minimum absolute atomic E-state index is 0.0491. The van der Waals surface area contributed by atoms with Crippen LogP contribution in [0.15, 0.2) is 28.5 Å². The van der Waals surface area contributed by atoms with Gasteiger partial charge in [-0.1, -0.05) is 31.2 Å². The average molecular weight is 344 g/mol. The van der Waals surface area contributed by atoms with Crippen molar-refractivity contribution in [1.82, 2.24) is 0 Å². The predicted octanol–water partition coefficient (Wildman–Crippen LogP) is 5.09. The largest absolute Gasteiger partial charge is 0.411 e. The summed E-state index contributed by atoms with van der Waals surface area (Å²) in [7, 11) is 0. The number of fused-ring (bicyclic) bond motifs is 5. The van der Waals surface area contributed by atoms with Crippen LogP contribution in [0.5, 0.6) is 0 Å². The van der Waals surface area contributed by atoms with Gasteiger partial charge in [0.1, 0.15) is 0 Å². The minimum atomic E-state index is -0.528. The summed E-state index contributed by atoms with van der Waals surface area (Å²) in [4.78, 5) is 0. The first-order valence-electron chi connectivity index (χ1n) is 9.99. The molecule has 0 aromatic rings. The Kier molecular flexibility index (Phi) is 3.62. The van der Waals surface area contributed by atoms with Crippen molar-refractivity contribution in [2.45, 2.75) is 78.2 Å². The van der Waals surface area contributed by atoms with Crippen molar-refractivity contribution in [3.05, 3.63) is 23.3 Å². The number of nitrogens with zero attached hydrogens (tertiary/aromatic N) is 1. The van der Waals surface area contributed by atoms with Gasteiger partial charge in [0.2, 0.25) is 0 Å². The Morgan fingerprint density at radius 3 is 2.44 bits per heavy atom. The van der Waals surface area contributed by atoms with E-state index in [1.165, 1.54) is 17.6 Å². The monoisotopic (exact) mass is 343 g/mol. The Labute approximate surface area is 151 Å². The molecule has 0 spiro atoms. The van der Waals surface area contributed by atoms with Crippen molar-refractivity contribution < 1.29 is 10.3 Å². The molecule has 25 heavy (non-hydrogen) atoms. The predicted molar refractivity (Wildman–Crippen MR) is 101 cm³/mol. The zero-order chi connectivity index (χ0) is 18.2. The lowest BCUT2D eigenvalue weighted by molar-refractivity contribution is -0.113. The quantitative estimate of drug-likeness (QED) is 0.475. The smallest absolute Gasteiger partial charge is 0.0828 e. The number of oxime groups is 1. The van der Waals surface area contributed by atoms with Crippen LogP contribution in [-0.2, 0) is 0 Å². The molecule has 0 amide bonds. The number of hydrogen-bond donors (Lipinski definition) is 2. The van der Waals surface area contributed by atoms with Gasteiger partial charge in [0.05, 0.1) is 11.3 Å². The Morgan fingerprint density at radius 1 is 1.08 bits per heavy atom. The number of hydrogen-bond acceptors (Lipinski definition) is 3. The van der Waals surface area contributed by atoms with Crippen LogP contribution in [0.3, 0.4) is 0 Å². The van der Waals surface area contributed by atoms with E-state index in [1.54, 1.807) is 0 Å². The van der Waals surface area contributed by atoms with Crippen LogP contribution in [0.1, 0.15) is 72.6 Å². The number of rotatable bonds is 0. The zero-order valence-electron chi connectivity index (χ0n) is 16.2. The fourth-order valence-electron chi connectivity index (χ4n) is 7.42. The summed E-state index contributed by atoms with van der Waals surface area (Å²) in [6.07, 6.45) is 7.36. The van der Waals surface area contributed by atoms with Gasteiger partial charge in [-0.15, -0.1) is 0 Å². The fraction of sp³-hybridized carbons (Fsp3) is 0.773. The van der Waals surface area contributed by atoms with Crippen molar-refractivity contribution in [3.8, 4) is 0 Å². The topological polar surface area (TPSA) is 52.8 Å². The maximum absolute atomic E-state index is 11.0. The third-order valence-electron chi connectivity index (χ3n) is 9.03. The van der Waals surface area contributed by atoms with Crippen molar-refractivity contribution in [1.29, 1.82) is 0 Å². The maximum Gasteiger partial charge on any atom is 0.0828 e. The first kappa shape index (κ1) is 17.3. The highest BCUT2D eigenvalue weighted by atomic mass is 16.4. The Bertz CT molecular complexity index is 688. The summed E-state index contributed by atoms with van der Waals surface area (Å²) >= 11 is 0. The standard InChI is InChI=1S/C22H33NO2/c1-13-12-15-16(6-10-21(4)17(15)7-11-22(21,5)24)20(3)9-8-18(23-25)14(2)19(13)20/h15-17,24-25H,1,6-12H2,2-5H3/b23-18+/t15-,16+,17+,20-,21+,22+/m1/s1. The number of allylic oxidation sites excluding steroid dienone is 3. The second kappa shape index (κ2) is 5.22. The Hall–Kier alpha value is -1.09. The molecule has 0 heterocycles. The van der Waals surface area contributed by atoms with E-state index in [0.717, 1.165) is 49.8 Å². The average Bonchev–Trinajstić information content (AvgIpc) is 2.78. The van der Waals surface area contributed by atoms with Gasteiger partial charge in [0, 0.05) is 0 Å². The van der Waals surface area contributed by atoms with E-state index in [4.69, 9.17) is 0 Å². The van der Waals surface area contributed by atoms with Crippen LogP contribution < -0.4 is 0 Å². The molecular weight excluding hydrogens is 310 g/mol. The van der Waals surface area contributed by atoms with Gasteiger partial charge in [0.25, 0.3) is 0 Å². The molecule has 3 nitrogen and oxygen atoms in total. The van der Waals surface area contributed by atoms with Crippen molar-refractivity contribution in [3.63, 3.8) is 0 Å². The van der Waals surface area contributed by atoms with Crippen LogP contribution in [0.2, 0.25) is 0 Å². The molecule has 0 saturated heterocycles. The first-order valence-corrected chi connectivity index (χ1v) is 9.99. The molecule has 0 aromatic heterocycles. The lowest BCUT2D eigenvalue weighted by Crippen LogP contribution is -2.54. The summed E-state index contributed by atoms with van der Waals surface area (Å²) in [5, 5.41) is 24.0. The fourth-order valence-corrected chi connectivity index (χ4v) is 7.42. The summed E-state index contributed by atoms with van der Waals surface area (Å²) in [5.74, 6) is 1.90. The summed E-state index contributed by atoms with van der Waals surface area (Å²) < 4.78 is 0. The second-order valence-electron chi connectivity index (χ2n) is 9.92. The van der Waals surface area contributed by atoms with E-state index in [9.17, 15) is 10.3 Å². The highest BCUT2D eigenvalue weighted by molar-refractivity contribution is 6.01. The Balaban J connectivity index is 1.78. The summed E-state index contributed by atoms with van der Waals surface area (Å²) in [6.45, 7) is 13.4. The maximum atomic E-state index is 11.0. The summed E-state index contributed by atoms with van der Waals surface area (Å²) in [6, 6.07) is 0. The van der Waals surface area contributed by atoms with Crippen LogP contribution >= 0.6 is 0 Å². The van der Waals surface area contributed by atoms with Crippen molar-refractivity contribution >= 4 is 5.71 Å². The van der Waals surface area contributed by atoms with Gasteiger partial charge in [0.15, 0.2) is 0 Å². The van der Waals surface area contributed by atoms with Gasteiger partial charge in [-0.05, 0) is 98.5 Å². The molecule has 0 unspecified atom stereocenters. The highest BCUT2D eigenvalue weighted by Gasteiger charge is 2.63. The molecule has 6 atom stereocenters. The molecule has 3 fully saturated rings. The van der Waals surface area contributed by atoms with E-state index in [0.29, 0.717) is 17.8 Å². The van der Waals surface area contributed by atoms with E-state index in [1.807, 2.05) is 0 Å². The van der Waals surface area contributed by atoms with Gasteiger partial charge in [-0.25, -0.2) is 0 Å². The highest BCUT2D eigenvalue weighted by Crippen LogP contribution is 2.68. The third kappa shape index (κ3) is 2.05. The lowest BCUT2D eigenvalue weighted by Gasteiger charge is -2.59. The molecule has 3 heteroatoms. The molecule has 0 aliphatic heterocycles. The molecule has 138 valence electrons. The van der Waals surface area contributed by atoms with Gasteiger partial charge in [-0.3, -0.25) is 0 Å².